The summed E-state index contributed by atoms with van der Waals surface area (Å²) < 4.78 is 0. The number of nitrogens with two attached hydrogens (primary N) is 1. The third kappa shape index (κ3) is 3.38. The van der Waals surface area contributed by atoms with Crippen LogP contribution in [0.2, 0.25) is 0 Å². The van der Waals surface area contributed by atoms with E-state index in [9.17, 15) is 0 Å². The van der Waals surface area contributed by atoms with Crippen molar-refractivity contribution in [2.75, 3.05) is 18.0 Å². The molecule has 0 saturated carbocycles. The van der Waals surface area contributed by atoms with Crippen molar-refractivity contribution in [1.82, 2.24) is 9.97 Å². The second kappa shape index (κ2) is 5.89. The summed E-state index contributed by atoms with van der Waals surface area (Å²) >= 11 is 0. The van der Waals surface area contributed by atoms with Crippen molar-refractivity contribution in [2.24, 2.45) is 10.9 Å². The maximum absolute atomic E-state index is 8.45. The van der Waals surface area contributed by atoms with Crippen molar-refractivity contribution >= 4 is 11.7 Å². The zero-order valence-corrected chi connectivity index (χ0v) is 9.59. The molecule has 1 heterocycles. The Morgan fingerprint density at radius 2 is 2.31 bits per heavy atom. The van der Waals surface area contributed by atoms with E-state index in [4.69, 9.17) is 10.9 Å². The molecule has 1 rings (SSSR count). The predicted octanol–water partition coefficient (Wildman–Crippen LogP) is 0.748. The molecule has 0 radical (unpaired) electrons. The summed E-state index contributed by atoms with van der Waals surface area (Å²) in [6.07, 6.45) is 2.05. The molecule has 88 valence electrons. The maximum atomic E-state index is 8.45. The van der Waals surface area contributed by atoms with Crippen LogP contribution >= 0.6 is 0 Å². The molecular formula is C10H17N5O. The lowest BCUT2D eigenvalue weighted by atomic mass is 10.3. The molecule has 6 heteroatoms. The van der Waals surface area contributed by atoms with E-state index in [-0.39, 0.29) is 5.84 Å². The summed E-state index contributed by atoms with van der Waals surface area (Å²) in [7, 11) is 0. The van der Waals surface area contributed by atoms with Crippen molar-refractivity contribution < 1.29 is 5.21 Å². The van der Waals surface area contributed by atoms with Crippen LogP contribution < -0.4 is 10.6 Å². The molecule has 0 spiro atoms. The molecule has 0 unspecified atom stereocenters. The van der Waals surface area contributed by atoms with Crippen LogP contribution in [0.5, 0.6) is 0 Å². The molecular weight excluding hydrogens is 206 g/mol. The molecule has 0 aliphatic rings. The zero-order valence-electron chi connectivity index (χ0n) is 9.59. The highest BCUT2D eigenvalue weighted by molar-refractivity contribution is 5.80. The Morgan fingerprint density at radius 1 is 1.56 bits per heavy atom. The Morgan fingerprint density at radius 3 is 2.88 bits per heavy atom. The van der Waals surface area contributed by atoms with Gasteiger partial charge in [-0.1, -0.05) is 5.16 Å². The van der Waals surface area contributed by atoms with E-state index in [1.165, 1.54) is 6.33 Å². The van der Waals surface area contributed by atoms with Crippen molar-refractivity contribution in [3.05, 3.63) is 18.1 Å². The number of aryl methyl sites for hydroxylation is 1. The van der Waals surface area contributed by atoms with Gasteiger partial charge in [-0.05, 0) is 13.8 Å². The van der Waals surface area contributed by atoms with Gasteiger partial charge in [-0.3, -0.25) is 0 Å². The Kier molecular flexibility index (Phi) is 4.50. The number of rotatable bonds is 5. The third-order valence-corrected chi connectivity index (χ3v) is 2.26. The van der Waals surface area contributed by atoms with Crippen molar-refractivity contribution in [3.63, 3.8) is 0 Å². The van der Waals surface area contributed by atoms with Gasteiger partial charge < -0.3 is 15.8 Å². The Hall–Kier alpha value is -1.85. The van der Waals surface area contributed by atoms with Gasteiger partial charge in [0, 0.05) is 31.3 Å². The van der Waals surface area contributed by atoms with Gasteiger partial charge in [0.1, 0.15) is 18.0 Å². The van der Waals surface area contributed by atoms with Gasteiger partial charge in [0.25, 0.3) is 0 Å². The van der Waals surface area contributed by atoms with Gasteiger partial charge in [0.15, 0.2) is 0 Å². The fourth-order valence-electron chi connectivity index (χ4n) is 1.35. The first kappa shape index (κ1) is 12.2. The van der Waals surface area contributed by atoms with Crippen LogP contribution in [0.4, 0.5) is 5.82 Å². The minimum atomic E-state index is 0.226. The van der Waals surface area contributed by atoms with Crippen LogP contribution in [-0.2, 0) is 0 Å². The zero-order chi connectivity index (χ0) is 12.0. The molecule has 0 saturated heterocycles. The number of hydrogen-bond acceptors (Lipinski definition) is 5. The van der Waals surface area contributed by atoms with Crippen LogP contribution in [0.3, 0.4) is 0 Å². The second-order valence-electron chi connectivity index (χ2n) is 3.44. The van der Waals surface area contributed by atoms with Gasteiger partial charge in [-0.25, -0.2) is 9.97 Å². The summed E-state index contributed by atoms with van der Waals surface area (Å²) in [5.41, 5.74) is 6.35. The molecule has 16 heavy (non-hydrogen) atoms. The molecule has 3 N–H and O–H groups in total. The molecule has 0 bridgehead atoms. The average molecular weight is 223 g/mol. The van der Waals surface area contributed by atoms with Gasteiger partial charge in [-0.15, -0.1) is 0 Å². The van der Waals surface area contributed by atoms with Crippen molar-refractivity contribution in [2.45, 2.75) is 20.3 Å². The van der Waals surface area contributed by atoms with Crippen LogP contribution in [0.15, 0.2) is 17.5 Å². The summed E-state index contributed by atoms with van der Waals surface area (Å²) in [5.74, 6) is 1.09. The van der Waals surface area contributed by atoms with E-state index in [0.29, 0.717) is 13.0 Å². The third-order valence-electron chi connectivity index (χ3n) is 2.26. The van der Waals surface area contributed by atoms with E-state index < -0.39 is 0 Å². The summed E-state index contributed by atoms with van der Waals surface area (Å²) in [6, 6.07) is 1.91. The highest BCUT2D eigenvalue weighted by Crippen LogP contribution is 2.10. The minimum Gasteiger partial charge on any atom is -0.409 e. The van der Waals surface area contributed by atoms with Gasteiger partial charge in [0.2, 0.25) is 0 Å². The van der Waals surface area contributed by atoms with E-state index >= 15 is 0 Å². The van der Waals surface area contributed by atoms with Gasteiger partial charge in [0.05, 0.1) is 0 Å². The predicted molar refractivity (Wildman–Crippen MR) is 62.7 cm³/mol. The number of nitrogens with zero attached hydrogens (tertiary/aromatic N) is 4. The van der Waals surface area contributed by atoms with Gasteiger partial charge in [-0.2, -0.15) is 0 Å². The van der Waals surface area contributed by atoms with E-state index in [0.717, 1.165) is 18.1 Å². The smallest absolute Gasteiger partial charge is 0.140 e. The molecule has 0 fully saturated rings. The Labute approximate surface area is 94.8 Å². The lowest BCUT2D eigenvalue weighted by Crippen LogP contribution is -2.28. The normalized spacial score (nSPS) is 11.5. The Bertz CT molecular complexity index is 366. The Balaban J connectivity index is 2.67. The number of amidine groups is 1. The van der Waals surface area contributed by atoms with Crippen molar-refractivity contribution in [3.8, 4) is 0 Å². The number of oxime groups is 1. The largest absolute Gasteiger partial charge is 0.409 e. The van der Waals surface area contributed by atoms with Gasteiger partial charge >= 0.3 is 0 Å². The molecule has 0 atom stereocenters. The first-order valence-electron chi connectivity index (χ1n) is 5.17. The van der Waals surface area contributed by atoms with Crippen LogP contribution in [0.25, 0.3) is 0 Å². The summed E-state index contributed by atoms with van der Waals surface area (Å²) in [4.78, 5) is 10.3. The molecule has 0 amide bonds. The number of hydrogen-bond donors (Lipinski definition) is 2. The fraction of sp³-hybridized carbons (Fsp3) is 0.500. The molecule has 6 nitrogen and oxygen atoms in total. The quantitative estimate of drug-likeness (QED) is 0.333. The highest BCUT2D eigenvalue weighted by Gasteiger charge is 2.06. The van der Waals surface area contributed by atoms with Crippen LogP contribution in [0.1, 0.15) is 19.0 Å². The van der Waals surface area contributed by atoms with Crippen molar-refractivity contribution in [1.29, 1.82) is 0 Å². The monoisotopic (exact) mass is 223 g/mol. The second-order valence-corrected chi connectivity index (χ2v) is 3.44. The minimum absolute atomic E-state index is 0.226. The highest BCUT2D eigenvalue weighted by atomic mass is 16.4. The van der Waals surface area contributed by atoms with E-state index in [1.807, 2.05) is 24.8 Å². The standard InChI is InChI=1S/C10H17N5O/c1-3-15(5-4-9(11)14-16)10-6-8(2)12-7-13-10/h6-7,16H,3-5H2,1-2H3,(H2,11,14). The average Bonchev–Trinajstić information content (AvgIpc) is 2.29. The first-order valence-corrected chi connectivity index (χ1v) is 5.17. The van der Waals surface area contributed by atoms with E-state index in [2.05, 4.69) is 15.1 Å². The molecule has 0 aromatic carbocycles. The summed E-state index contributed by atoms with van der Waals surface area (Å²) in [6.45, 7) is 5.43. The SMILES string of the molecule is CCN(CCC(N)=NO)c1cc(C)ncn1. The lowest BCUT2D eigenvalue weighted by Gasteiger charge is -2.21. The molecule has 0 aliphatic heterocycles. The first-order chi connectivity index (χ1) is 7.67. The fourth-order valence-corrected chi connectivity index (χ4v) is 1.35. The number of anilines is 1. The molecule has 1 aromatic rings. The molecule has 1 aromatic heterocycles. The topological polar surface area (TPSA) is 87.6 Å². The number of aromatic nitrogens is 2. The lowest BCUT2D eigenvalue weighted by molar-refractivity contribution is 0.317. The molecule has 0 aliphatic carbocycles. The van der Waals surface area contributed by atoms with E-state index in [1.54, 1.807) is 0 Å². The van der Waals surface area contributed by atoms with Crippen LogP contribution in [-0.4, -0.2) is 34.1 Å². The summed E-state index contributed by atoms with van der Waals surface area (Å²) in [5, 5.41) is 11.4. The maximum Gasteiger partial charge on any atom is 0.140 e. The van der Waals surface area contributed by atoms with Crippen LogP contribution in [0, 0.1) is 6.92 Å².